The van der Waals surface area contributed by atoms with Crippen LogP contribution in [0, 0.1) is 0 Å². The summed E-state index contributed by atoms with van der Waals surface area (Å²) in [6.45, 7) is 0.503. The molecule has 0 aliphatic heterocycles. The third-order valence-electron chi connectivity index (χ3n) is 2.31. The molecule has 10 nitrogen and oxygen atoms in total. The zero-order valence-electron chi connectivity index (χ0n) is 10.8. The van der Waals surface area contributed by atoms with E-state index >= 15 is 0 Å². The van der Waals surface area contributed by atoms with Crippen molar-refractivity contribution in [1.82, 2.24) is 10.6 Å². The Morgan fingerprint density at radius 1 is 1.15 bits per heavy atom. The standard InChI is InChI=1S/C10H18N4O6/c1-4(8(17)14-6(3-15)10(19)20)13-9(18)5(11)2-7(12)16/h4-6,15H,2-3,11H2,1H3,(H2,12,16)(H,13,18)(H,14,17)(H,19,20). The van der Waals surface area contributed by atoms with Crippen LogP contribution in [-0.2, 0) is 19.2 Å². The summed E-state index contributed by atoms with van der Waals surface area (Å²) in [6.07, 6.45) is -0.380. The van der Waals surface area contributed by atoms with Crippen LogP contribution in [0.4, 0.5) is 0 Å². The van der Waals surface area contributed by atoms with Gasteiger partial charge < -0.3 is 32.3 Å². The first-order chi connectivity index (χ1) is 9.18. The van der Waals surface area contributed by atoms with Crippen LogP contribution in [0.25, 0.3) is 0 Å². The second-order valence-corrected chi connectivity index (χ2v) is 4.09. The molecular weight excluding hydrogens is 272 g/mol. The Balaban J connectivity index is 4.42. The quantitative estimate of drug-likeness (QED) is 0.265. The molecule has 0 aromatic carbocycles. The van der Waals surface area contributed by atoms with E-state index in [1.807, 2.05) is 5.32 Å². The molecule has 3 unspecified atom stereocenters. The lowest BCUT2D eigenvalue weighted by atomic mass is 10.2. The van der Waals surface area contributed by atoms with Crippen LogP contribution in [0.3, 0.4) is 0 Å². The molecule has 8 N–H and O–H groups in total. The average molecular weight is 290 g/mol. The summed E-state index contributed by atoms with van der Waals surface area (Å²) in [5.74, 6) is -3.77. The number of aliphatic carboxylic acids is 1. The molecule has 0 rings (SSSR count). The number of rotatable bonds is 8. The van der Waals surface area contributed by atoms with Crippen molar-refractivity contribution in [2.24, 2.45) is 11.5 Å². The van der Waals surface area contributed by atoms with Gasteiger partial charge in [-0.2, -0.15) is 0 Å². The summed E-state index contributed by atoms with van der Waals surface area (Å²) in [7, 11) is 0. The van der Waals surface area contributed by atoms with Gasteiger partial charge in [0.2, 0.25) is 17.7 Å². The van der Waals surface area contributed by atoms with Crippen LogP contribution in [-0.4, -0.2) is 58.6 Å². The number of hydrogen-bond acceptors (Lipinski definition) is 6. The third-order valence-corrected chi connectivity index (χ3v) is 2.31. The average Bonchev–Trinajstić information content (AvgIpc) is 2.33. The Morgan fingerprint density at radius 2 is 1.70 bits per heavy atom. The highest BCUT2D eigenvalue weighted by Gasteiger charge is 2.25. The van der Waals surface area contributed by atoms with Crippen molar-refractivity contribution >= 4 is 23.7 Å². The van der Waals surface area contributed by atoms with Gasteiger partial charge in [0.25, 0.3) is 0 Å². The molecule has 0 aliphatic rings. The number of amides is 3. The predicted octanol–water partition coefficient (Wildman–Crippen LogP) is -3.74. The van der Waals surface area contributed by atoms with Crippen molar-refractivity contribution in [2.45, 2.75) is 31.5 Å². The van der Waals surface area contributed by atoms with Gasteiger partial charge in [-0.3, -0.25) is 14.4 Å². The van der Waals surface area contributed by atoms with Crippen LogP contribution in [0.2, 0.25) is 0 Å². The van der Waals surface area contributed by atoms with E-state index in [1.165, 1.54) is 6.92 Å². The van der Waals surface area contributed by atoms with Gasteiger partial charge in [0, 0.05) is 0 Å². The highest BCUT2D eigenvalue weighted by molar-refractivity contribution is 5.93. The summed E-state index contributed by atoms with van der Waals surface area (Å²) in [6, 6.07) is -3.76. The topological polar surface area (TPSA) is 185 Å². The van der Waals surface area contributed by atoms with Gasteiger partial charge >= 0.3 is 5.97 Å². The van der Waals surface area contributed by atoms with Gasteiger partial charge in [-0.1, -0.05) is 0 Å². The molecule has 0 fully saturated rings. The van der Waals surface area contributed by atoms with Crippen molar-refractivity contribution in [2.75, 3.05) is 6.61 Å². The van der Waals surface area contributed by atoms with Gasteiger partial charge in [-0.15, -0.1) is 0 Å². The lowest BCUT2D eigenvalue weighted by Gasteiger charge is -2.18. The lowest BCUT2D eigenvalue weighted by molar-refractivity contribution is -0.143. The Labute approximate surface area is 114 Å². The zero-order chi connectivity index (χ0) is 15.9. The van der Waals surface area contributed by atoms with Crippen LogP contribution in [0.1, 0.15) is 13.3 Å². The van der Waals surface area contributed by atoms with Crippen LogP contribution in [0.15, 0.2) is 0 Å². The molecule has 3 atom stereocenters. The van der Waals surface area contributed by atoms with Crippen molar-refractivity contribution < 1.29 is 29.4 Å². The molecule has 0 spiro atoms. The van der Waals surface area contributed by atoms with E-state index in [2.05, 4.69) is 5.32 Å². The number of hydrogen-bond donors (Lipinski definition) is 6. The number of nitrogens with two attached hydrogens (primary N) is 2. The molecule has 0 bridgehead atoms. The molecule has 0 heterocycles. The number of carbonyl (C=O) groups is 4. The smallest absolute Gasteiger partial charge is 0.328 e. The molecule has 20 heavy (non-hydrogen) atoms. The van der Waals surface area contributed by atoms with Gasteiger partial charge in [-0.25, -0.2) is 4.79 Å². The zero-order valence-corrected chi connectivity index (χ0v) is 10.8. The molecule has 0 saturated carbocycles. The Bertz CT molecular complexity index is 399. The maximum Gasteiger partial charge on any atom is 0.328 e. The van der Waals surface area contributed by atoms with Crippen LogP contribution < -0.4 is 22.1 Å². The molecule has 0 aromatic heterocycles. The summed E-state index contributed by atoms with van der Waals surface area (Å²) in [4.78, 5) is 44.2. The summed E-state index contributed by atoms with van der Waals surface area (Å²) >= 11 is 0. The number of nitrogens with one attached hydrogen (secondary N) is 2. The van der Waals surface area contributed by atoms with E-state index in [0.29, 0.717) is 0 Å². The highest BCUT2D eigenvalue weighted by Crippen LogP contribution is 1.92. The van der Waals surface area contributed by atoms with E-state index in [1.54, 1.807) is 0 Å². The fraction of sp³-hybridized carbons (Fsp3) is 0.600. The molecule has 0 radical (unpaired) electrons. The molecule has 0 saturated heterocycles. The third kappa shape index (κ3) is 6.11. The first kappa shape index (κ1) is 17.8. The monoisotopic (exact) mass is 290 g/mol. The number of carboxylic acid groups (broad SMARTS) is 1. The van der Waals surface area contributed by atoms with Gasteiger partial charge in [-0.05, 0) is 6.92 Å². The van der Waals surface area contributed by atoms with E-state index < -0.39 is 48.4 Å². The van der Waals surface area contributed by atoms with E-state index in [-0.39, 0.29) is 6.42 Å². The molecule has 0 aliphatic carbocycles. The highest BCUT2D eigenvalue weighted by atomic mass is 16.4. The van der Waals surface area contributed by atoms with E-state index in [9.17, 15) is 19.2 Å². The van der Waals surface area contributed by atoms with E-state index in [4.69, 9.17) is 21.7 Å². The van der Waals surface area contributed by atoms with Crippen molar-refractivity contribution in [3.05, 3.63) is 0 Å². The summed E-state index contributed by atoms with van der Waals surface area (Å²) < 4.78 is 0. The fourth-order valence-electron chi connectivity index (χ4n) is 1.18. The molecule has 0 aromatic rings. The van der Waals surface area contributed by atoms with Crippen molar-refractivity contribution in [3.63, 3.8) is 0 Å². The summed E-state index contributed by atoms with van der Waals surface area (Å²) in [5.41, 5.74) is 10.2. The summed E-state index contributed by atoms with van der Waals surface area (Å²) in [5, 5.41) is 21.6. The van der Waals surface area contributed by atoms with Crippen LogP contribution >= 0.6 is 0 Å². The normalized spacial score (nSPS) is 14.8. The minimum atomic E-state index is -1.47. The Kier molecular flexibility index (Phi) is 7.18. The van der Waals surface area contributed by atoms with Gasteiger partial charge in [0.05, 0.1) is 19.1 Å². The SMILES string of the molecule is CC(NC(=O)C(N)CC(N)=O)C(=O)NC(CO)C(=O)O. The number of aliphatic hydroxyl groups is 1. The molecule has 3 amide bonds. The number of aliphatic hydroxyl groups excluding tert-OH is 1. The maximum atomic E-state index is 11.6. The molecule has 114 valence electrons. The Morgan fingerprint density at radius 3 is 2.10 bits per heavy atom. The molecule has 10 heteroatoms. The fourth-order valence-corrected chi connectivity index (χ4v) is 1.18. The first-order valence-corrected chi connectivity index (χ1v) is 5.67. The minimum absolute atomic E-state index is 0.380. The first-order valence-electron chi connectivity index (χ1n) is 5.67. The van der Waals surface area contributed by atoms with Gasteiger partial charge in [0.15, 0.2) is 0 Å². The minimum Gasteiger partial charge on any atom is -0.480 e. The molecular formula is C10H18N4O6. The number of primary amides is 1. The maximum absolute atomic E-state index is 11.6. The Hall–Kier alpha value is -2.20. The second kappa shape index (κ2) is 8.07. The van der Waals surface area contributed by atoms with Crippen molar-refractivity contribution in [1.29, 1.82) is 0 Å². The predicted molar refractivity (Wildman–Crippen MR) is 66.0 cm³/mol. The van der Waals surface area contributed by atoms with Gasteiger partial charge in [0.1, 0.15) is 12.1 Å². The number of carbonyl (C=O) groups excluding carboxylic acids is 3. The lowest BCUT2D eigenvalue weighted by Crippen LogP contribution is -2.54. The van der Waals surface area contributed by atoms with E-state index in [0.717, 1.165) is 0 Å². The van der Waals surface area contributed by atoms with Crippen molar-refractivity contribution in [3.8, 4) is 0 Å². The second-order valence-electron chi connectivity index (χ2n) is 4.09. The largest absolute Gasteiger partial charge is 0.480 e. The number of carboxylic acids is 1. The van der Waals surface area contributed by atoms with Crippen LogP contribution in [0.5, 0.6) is 0 Å².